The van der Waals surface area contributed by atoms with E-state index in [1.54, 1.807) is 6.92 Å². The van der Waals surface area contributed by atoms with E-state index in [2.05, 4.69) is 4.74 Å². The average molecular weight is 245 g/mol. The van der Waals surface area contributed by atoms with Crippen molar-refractivity contribution in [1.82, 2.24) is 0 Å². The standard InChI is InChI=1S/C11H10ClFO3/c1-3-16-11(15)10(14)8-4-7(12)5-9(13)6(8)2/h4-5H,3H2,1-2H3. The highest BCUT2D eigenvalue weighted by Gasteiger charge is 2.21. The van der Waals surface area contributed by atoms with Crippen molar-refractivity contribution in [2.45, 2.75) is 13.8 Å². The highest BCUT2D eigenvalue weighted by Crippen LogP contribution is 2.20. The van der Waals surface area contributed by atoms with Gasteiger partial charge in [0, 0.05) is 10.6 Å². The minimum absolute atomic E-state index is 0.0655. The first-order valence-electron chi connectivity index (χ1n) is 4.64. The van der Waals surface area contributed by atoms with Crippen LogP contribution in [0.15, 0.2) is 12.1 Å². The molecule has 0 aliphatic heterocycles. The van der Waals surface area contributed by atoms with Crippen molar-refractivity contribution in [1.29, 1.82) is 0 Å². The number of rotatable bonds is 3. The number of Topliss-reactive ketones (excluding diaryl/α,β-unsaturated/α-hetero) is 1. The number of benzene rings is 1. The lowest BCUT2D eigenvalue weighted by Gasteiger charge is -2.06. The molecule has 0 atom stereocenters. The van der Waals surface area contributed by atoms with Crippen LogP contribution in [-0.4, -0.2) is 18.4 Å². The van der Waals surface area contributed by atoms with Crippen LogP contribution in [0.2, 0.25) is 5.02 Å². The van der Waals surface area contributed by atoms with E-state index >= 15 is 0 Å². The van der Waals surface area contributed by atoms with Crippen LogP contribution in [0.25, 0.3) is 0 Å². The summed E-state index contributed by atoms with van der Waals surface area (Å²) in [4.78, 5) is 22.7. The molecule has 1 aromatic carbocycles. The fourth-order valence-corrected chi connectivity index (χ4v) is 1.39. The second-order valence-electron chi connectivity index (χ2n) is 3.11. The Bertz CT molecular complexity index is 443. The van der Waals surface area contributed by atoms with Gasteiger partial charge in [0.25, 0.3) is 5.78 Å². The minimum atomic E-state index is -1.01. The zero-order chi connectivity index (χ0) is 12.3. The van der Waals surface area contributed by atoms with Gasteiger partial charge in [-0.1, -0.05) is 11.6 Å². The van der Waals surface area contributed by atoms with E-state index in [9.17, 15) is 14.0 Å². The maximum atomic E-state index is 13.3. The molecule has 0 radical (unpaired) electrons. The van der Waals surface area contributed by atoms with Crippen LogP contribution in [-0.2, 0) is 9.53 Å². The first-order chi connectivity index (χ1) is 7.47. The summed E-state index contributed by atoms with van der Waals surface area (Å²) in [6.07, 6.45) is 0. The molecule has 0 fully saturated rings. The van der Waals surface area contributed by atoms with Crippen molar-refractivity contribution in [3.8, 4) is 0 Å². The molecule has 0 saturated carbocycles. The van der Waals surface area contributed by atoms with Gasteiger partial charge in [-0.25, -0.2) is 9.18 Å². The van der Waals surface area contributed by atoms with Crippen LogP contribution in [0.4, 0.5) is 4.39 Å². The van der Waals surface area contributed by atoms with Gasteiger partial charge < -0.3 is 4.74 Å². The average Bonchev–Trinajstić information content (AvgIpc) is 2.22. The van der Waals surface area contributed by atoms with Crippen molar-refractivity contribution in [3.05, 3.63) is 34.1 Å². The van der Waals surface area contributed by atoms with Crippen molar-refractivity contribution in [2.24, 2.45) is 0 Å². The van der Waals surface area contributed by atoms with E-state index < -0.39 is 17.6 Å². The lowest BCUT2D eigenvalue weighted by molar-refractivity contribution is -0.137. The molecule has 0 aliphatic rings. The molecule has 0 heterocycles. The summed E-state index contributed by atoms with van der Waals surface area (Å²) >= 11 is 5.60. The van der Waals surface area contributed by atoms with E-state index in [4.69, 9.17) is 11.6 Å². The summed E-state index contributed by atoms with van der Waals surface area (Å²) in [6, 6.07) is 2.33. The quantitative estimate of drug-likeness (QED) is 0.466. The molecule has 0 amide bonds. The molecular weight excluding hydrogens is 235 g/mol. The van der Waals surface area contributed by atoms with Crippen LogP contribution in [0.3, 0.4) is 0 Å². The Hall–Kier alpha value is -1.42. The number of ketones is 1. The summed E-state index contributed by atoms with van der Waals surface area (Å²) in [6.45, 7) is 3.07. The lowest BCUT2D eigenvalue weighted by Crippen LogP contribution is -2.19. The zero-order valence-corrected chi connectivity index (χ0v) is 9.60. The largest absolute Gasteiger partial charge is 0.460 e. The summed E-state index contributed by atoms with van der Waals surface area (Å²) < 4.78 is 17.8. The van der Waals surface area contributed by atoms with E-state index in [1.165, 1.54) is 13.0 Å². The number of ether oxygens (including phenoxy) is 1. The molecule has 1 aromatic rings. The highest BCUT2D eigenvalue weighted by atomic mass is 35.5. The number of carbonyl (C=O) groups excluding carboxylic acids is 2. The van der Waals surface area contributed by atoms with Crippen molar-refractivity contribution in [2.75, 3.05) is 6.61 Å². The van der Waals surface area contributed by atoms with Crippen LogP contribution < -0.4 is 0 Å². The summed E-state index contributed by atoms with van der Waals surface area (Å²) in [7, 11) is 0. The van der Waals surface area contributed by atoms with Crippen molar-refractivity contribution < 1.29 is 18.7 Å². The Kier molecular flexibility index (Phi) is 4.01. The highest BCUT2D eigenvalue weighted by molar-refractivity contribution is 6.41. The molecule has 0 saturated heterocycles. The Morgan fingerprint density at radius 1 is 1.44 bits per heavy atom. The second-order valence-corrected chi connectivity index (χ2v) is 3.55. The van der Waals surface area contributed by atoms with Crippen molar-refractivity contribution >= 4 is 23.4 Å². The van der Waals surface area contributed by atoms with Crippen LogP contribution in [0, 0.1) is 12.7 Å². The van der Waals surface area contributed by atoms with Crippen LogP contribution in [0.1, 0.15) is 22.8 Å². The lowest BCUT2D eigenvalue weighted by atomic mass is 10.0. The second kappa shape index (κ2) is 5.07. The molecule has 5 heteroatoms. The predicted molar refractivity (Wildman–Crippen MR) is 57.1 cm³/mol. The van der Waals surface area contributed by atoms with E-state index in [0.717, 1.165) is 6.07 Å². The molecule has 86 valence electrons. The molecule has 0 N–H and O–H groups in total. The summed E-state index contributed by atoms with van der Waals surface area (Å²) in [5.74, 6) is -2.52. The molecule has 0 aliphatic carbocycles. The summed E-state index contributed by atoms with van der Waals surface area (Å²) in [5, 5.41) is 0.0655. The third-order valence-corrected chi connectivity index (χ3v) is 2.23. The normalized spacial score (nSPS) is 10.0. The minimum Gasteiger partial charge on any atom is -0.460 e. The van der Waals surface area contributed by atoms with E-state index in [1.807, 2.05) is 0 Å². The van der Waals surface area contributed by atoms with E-state index in [0.29, 0.717) is 0 Å². The molecular formula is C11H10ClFO3. The molecule has 1 rings (SSSR count). The monoisotopic (exact) mass is 244 g/mol. The maximum absolute atomic E-state index is 13.3. The van der Waals surface area contributed by atoms with Gasteiger partial charge in [0.05, 0.1) is 6.61 Å². The molecule has 0 bridgehead atoms. The Labute approximate surface area is 97.2 Å². The molecule has 0 spiro atoms. The topological polar surface area (TPSA) is 43.4 Å². The maximum Gasteiger partial charge on any atom is 0.379 e. The summed E-state index contributed by atoms with van der Waals surface area (Å²) in [5.41, 5.74) is 0.0194. The van der Waals surface area contributed by atoms with Gasteiger partial charge in [-0.2, -0.15) is 0 Å². The SMILES string of the molecule is CCOC(=O)C(=O)c1cc(Cl)cc(F)c1C. The predicted octanol–water partition coefficient (Wildman–Crippen LogP) is 2.53. The van der Waals surface area contributed by atoms with Crippen LogP contribution >= 0.6 is 11.6 Å². The third-order valence-electron chi connectivity index (χ3n) is 2.01. The van der Waals surface area contributed by atoms with Gasteiger partial charge >= 0.3 is 5.97 Å². The van der Waals surface area contributed by atoms with Gasteiger partial charge in [-0.3, -0.25) is 4.79 Å². The number of hydrogen-bond acceptors (Lipinski definition) is 3. The van der Waals surface area contributed by atoms with Gasteiger partial charge in [-0.05, 0) is 31.5 Å². The molecule has 3 nitrogen and oxygen atoms in total. The van der Waals surface area contributed by atoms with Gasteiger partial charge in [0.15, 0.2) is 0 Å². The fraction of sp³-hybridized carbons (Fsp3) is 0.273. The molecule has 0 unspecified atom stereocenters. The first-order valence-corrected chi connectivity index (χ1v) is 5.02. The fourth-order valence-electron chi connectivity index (χ4n) is 1.19. The molecule has 16 heavy (non-hydrogen) atoms. The van der Waals surface area contributed by atoms with E-state index in [-0.39, 0.29) is 22.8 Å². The number of carbonyl (C=O) groups is 2. The van der Waals surface area contributed by atoms with Gasteiger partial charge in [0.2, 0.25) is 0 Å². The third kappa shape index (κ3) is 2.58. The zero-order valence-electron chi connectivity index (χ0n) is 8.84. The molecule has 0 aromatic heterocycles. The number of halogens is 2. The smallest absolute Gasteiger partial charge is 0.379 e. The van der Waals surface area contributed by atoms with Crippen LogP contribution in [0.5, 0.6) is 0 Å². The van der Waals surface area contributed by atoms with Crippen molar-refractivity contribution in [3.63, 3.8) is 0 Å². The Morgan fingerprint density at radius 2 is 2.06 bits per heavy atom. The number of hydrogen-bond donors (Lipinski definition) is 0. The first kappa shape index (κ1) is 12.6. The van der Waals surface area contributed by atoms with Gasteiger partial charge in [0.1, 0.15) is 5.82 Å². The number of esters is 1. The van der Waals surface area contributed by atoms with Gasteiger partial charge in [-0.15, -0.1) is 0 Å². The Balaban J connectivity index is 3.13. The Morgan fingerprint density at radius 3 is 2.62 bits per heavy atom.